The predicted octanol–water partition coefficient (Wildman–Crippen LogP) is 0.404. The third kappa shape index (κ3) is 4.87. The van der Waals surface area contributed by atoms with E-state index in [0.29, 0.717) is 5.65 Å². The fourth-order valence-corrected chi connectivity index (χ4v) is 4.33. The second-order valence-electron chi connectivity index (χ2n) is 8.58. The summed E-state index contributed by atoms with van der Waals surface area (Å²) >= 11 is 0. The molecule has 5 rings (SSSR count). The molecule has 37 heavy (non-hydrogen) atoms. The standard InChI is InChI=1S/C23H23F2N7O5/c24-16-7-14(32-11-15(13-33)37-23(32)36)8-17(25)21(16)30-5-3-29(4-6-30)20(34)10-27-22(35)18-12-31-2-1-26-9-19(31)28-18/h1-2,7-9,12,15,33H,3-6,10-11,13H2,(H,27,35)/t15-/m1/s1. The molecule has 1 aromatic carbocycles. The average molecular weight is 515 g/mol. The number of hydrogen-bond donors (Lipinski definition) is 2. The van der Waals surface area contributed by atoms with Crippen molar-refractivity contribution >= 4 is 34.9 Å². The van der Waals surface area contributed by atoms with Crippen molar-refractivity contribution in [2.75, 3.05) is 55.7 Å². The summed E-state index contributed by atoms with van der Waals surface area (Å²) in [6.45, 7) is 0.0892. The van der Waals surface area contributed by atoms with E-state index in [-0.39, 0.29) is 62.2 Å². The Morgan fingerprint density at radius 1 is 1.16 bits per heavy atom. The normalized spacial score (nSPS) is 17.9. The molecule has 2 aromatic heterocycles. The second kappa shape index (κ2) is 9.97. The van der Waals surface area contributed by atoms with Gasteiger partial charge in [-0.1, -0.05) is 0 Å². The van der Waals surface area contributed by atoms with Gasteiger partial charge in [0.15, 0.2) is 17.3 Å². The molecule has 3 aromatic rings. The number of amides is 3. The van der Waals surface area contributed by atoms with E-state index >= 15 is 0 Å². The van der Waals surface area contributed by atoms with Crippen molar-refractivity contribution in [3.63, 3.8) is 0 Å². The van der Waals surface area contributed by atoms with E-state index in [1.165, 1.54) is 22.2 Å². The zero-order valence-corrected chi connectivity index (χ0v) is 19.5. The molecular formula is C23H23F2N7O5. The minimum atomic E-state index is -0.857. The number of rotatable bonds is 6. The van der Waals surface area contributed by atoms with Gasteiger partial charge in [0.25, 0.3) is 5.91 Å². The van der Waals surface area contributed by atoms with E-state index in [1.807, 2.05) is 0 Å². The van der Waals surface area contributed by atoms with Crippen LogP contribution >= 0.6 is 0 Å². The quantitative estimate of drug-likeness (QED) is 0.482. The zero-order chi connectivity index (χ0) is 26.1. The van der Waals surface area contributed by atoms with Gasteiger partial charge in [0.2, 0.25) is 5.91 Å². The number of imidazole rings is 1. The van der Waals surface area contributed by atoms with Crippen molar-refractivity contribution in [1.82, 2.24) is 24.6 Å². The maximum Gasteiger partial charge on any atom is 0.414 e. The number of nitrogens with zero attached hydrogens (tertiary/aromatic N) is 6. The number of anilines is 2. The van der Waals surface area contributed by atoms with Crippen LogP contribution in [0, 0.1) is 11.6 Å². The number of carbonyl (C=O) groups excluding carboxylic acids is 3. The lowest BCUT2D eigenvalue weighted by Gasteiger charge is -2.36. The number of fused-ring (bicyclic) bond motifs is 1. The first-order valence-corrected chi connectivity index (χ1v) is 11.5. The van der Waals surface area contributed by atoms with E-state index in [9.17, 15) is 23.2 Å². The molecule has 12 nitrogen and oxygen atoms in total. The van der Waals surface area contributed by atoms with Crippen LogP contribution in [0.15, 0.2) is 36.9 Å². The summed E-state index contributed by atoms with van der Waals surface area (Å²) in [7, 11) is 0. The lowest BCUT2D eigenvalue weighted by atomic mass is 10.2. The monoisotopic (exact) mass is 515 g/mol. The highest BCUT2D eigenvalue weighted by Crippen LogP contribution is 2.31. The molecule has 0 saturated carbocycles. The Morgan fingerprint density at radius 3 is 2.54 bits per heavy atom. The number of aromatic nitrogens is 3. The number of piperazine rings is 1. The molecule has 2 fully saturated rings. The van der Waals surface area contributed by atoms with Gasteiger partial charge >= 0.3 is 6.09 Å². The third-order valence-corrected chi connectivity index (χ3v) is 6.24. The Hall–Kier alpha value is -4.33. The number of nitrogens with one attached hydrogen (secondary N) is 1. The number of aliphatic hydroxyl groups is 1. The Morgan fingerprint density at radius 2 is 1.89 bits per heavy atom. The molecule has 0 unspecified atom stereocenters. The molecule has 4 heterocycles. The fraction of sp³-hybridized carbons (Fsp3) is 0.348. The van der Waals surface area contributed by atoms with Crippen molar-refractivity contribution in [3.8, 4) is 0 Å². The van der Waals surface area contributed by atoms with Crippen LogP contribution in [0.25, 0.3) is 5.65 Å². The highest BCUT2D eigenvalue weighted by Gasteiger charge is 2.33. The van der Waals surface area contributed by atoms with Gasteiger partial charge in [0.05, 0.1) is 31.6 Å². The summed E-state index contributed by atoms with van der Waals surface area (Å²) in [6.07, 6.45) is 4.70. The van der Waals surface area contributed by atoms with Crippen LogP contribution in [0.1, 0.15) is 10.5 Å². The summed E-state index contributed by atoms with van der Waals surface area (Å²) in [5.74, 6) is -2.55. The first-order valence-electron chi connectivity index (χ1n) is 11.5. The molecule has 0 bridgehead atoms. The number of halogens is 2. The van der Waals surface area contributed by atoms with E-state index in [4.69, 9.17) is 9.84 Å². The van der Waals surface area contributed by atoms with Gasteiger partial charge in [-0.05, 0) is 0 Å². The van der Waals surface area contributed by atoms with Crippen LogP contribution in [0.5, 0.6) is 0 Å². The number of carbonyl (C=O) groups is 3. The Balaban J connectivity index is 1.16. The lowest BCUT2D eigenvalue weighted by Crippen LogP contribution is -2.51. The number of ether oxygens (including phenoxy) is 1. The Labute approximate surface area is 209 Å². The van der Waals surface area contributed by atoms with Gasteiger partial charge in [-0.25, -0.2) is 18.6 Å². The highest BCUT2D eigenvalue weighted by molar-refractivity contribution is 5.95. The molecule has 0 aliphatic carbocycles. The SMILES string of the molecule is O=C(NCC(=O)N1CCN(c2c(F)cc(N3C[C@H](CO)OC3=O)cc2F)CC1)c1cn2ccncc2n1. The number of cyclic esters (lactones) is 1. The van der Waals surface area contributed by atoms with Crippen molar-refractivity contribution in [2.45, 2.75) is 6.10 Å². The number of hydrogen-bond acceptors (Lipinski definition) is 8. The van der Waals surface area contributed by atoms with Crippen LogP contribution in [0.2, 0.25) is 0 Å². The minimum absolute atomic E-state index is 0.00822. The predicted molar refractivity (Wildman–Crippen MR) is 125 cm³/mol. The summed E-state index contributed by atoms with van der Waals surface area (Å²) in [5.41, 5.74) is 0.384. The molecular weight excluding hydrogens is 492 g/mol. The maximum atomic E-state index is 14.9. The molecule has 1 atom stereocenters. The van der Waals surface area contributed by atoms with Gasteiger partial charge in [-0.2, -0.15) is 0 Å². The molecule has 3 amide bonds. The lowest BCUT2D eigenvalue weighted by molar-refractivity contribution is -0.130. The van der Waals surface area contributed by atoms with Gasteiger partial charge in [-0.3, -0.25) is 19.5 Å². The van der Waals surface area contributed by atoms with Gasteiger partial charge < -0.3 is 29.4 Å². The highest BCUT2D eigenvalue weighted by atomic mass is 19.1. The summed E-state index contributed by atoms with van der Waals surface area (Å²) in [4.78, 5) is 49.1. The van der Waals surface area contributed by atoms with Crippen LogP contribution in [0.4, 0.5) is 25.0 Å². The molecule has 14 heteroatoms. The van der Waals surface area contributed by atoms with E-state index in [2.05, 4.69) is 15.3 Å². The van der Waals surface area contributed by atoms with Crippen molar-refractivity contribution in [3.05, 3.63) is 54.2 Å². The van der Waals surface area contributed by atoms with Crippen LogP contribution in [0.3, 0.4) is 0 Å². The van der Waals surface area contributed by atoms with Crippen molar-refractivity contribution in [1.29, 1.82) is 0 Å². The minimum Gasteiger partial charge on any atom is -0.441 e. The smallest absolute Gasteiger partial charge is 0.414 e. The van der Waals surface area contributed by atoms with Crippen molar-refractivity contribution < 1.29 is 33.0 Å². The van der Waals surface area contributed by atoms with Gasteiger partial charge in [-0.15, -0.1) is 0 Å². The summed E-state index contributed by atoms with van der Waals surface area (Å²) < 4.78 is 36.4. The number of benzene rings is 1. The Kier molecular flexibility index (Phi) is 6.56. The summed E-state index contributed by atoms with van der Waals surface area (Å²) in [6, 6.07) is 2.09. The van der Waals surface area contributed by atoms with Crippen LogP contribution in [-0.4, -0.2) is 94.3 Å². The largest absolute Gasteiger partial charge is 0.441 e. The van der Waals surface area contributed by atoms with E-state index in [0.717, 1.165) is 17.0 Å². The number of aliphatic hydroxyl groups excluding tert-OH is 1. The van der Waals surface area contributed by atoms with Gasteiger partial charge in [0.1, 0.15) is 17.5 Å². The second-order valence-corrected chi connectivity index (χ2v) is 8.58. The third-order valence-electron chi connectivity index (χ3n) is 6.24. The zero-order valence-electron chi connectivity index (χ0n) is 19.5. The first-order chi connectivity index (χ1) is 17.8. The molecule has 194 valence electrons. The molecule has 2 aliphatic rings. The van der Waals surface area contributed by atoms with Crippen LogP contribution in [-0.2, 0) is 9.53 Å². The molecule has 0 radical (unpaired) electrons. The molecule has 2 aliphatic heterocycles. The first kappa shape index (κ1) is 24.4. The molecule has 0 spiro atoms. The van der Waals surface area contributed by atoms with Crippen LogP contribution < -0.4 is 15.1 Å². The Bertz CT molecular complexity index is 1300. The van der Waals surface area contributed by atoms with Gasteiger partial charge in [0, 0.05) is 56.9 Å². The summed E-state index contributed by atoms with van der Waals surface area (Å²) in [5, 5.41) is 11.7. The molecule has 2 N–H and O–H groups in total. The van der Waals surface area contributed by atoms with E-state index in [1.54, 1.807) is 16.8 Å². The fourth-order valence-electron chi connectivity index (χ4n) is 4.33. The maximum absolute atomic E-state index is 14.9. The topological polar surface area (TPSA) is 133 Å². The van der Waals surface area contributed by atoms with Crippen molar-refractivity contribution in [2.24, 2.45) is 0 Å². The average Bonchev–Trinajstić information content (AvgIpc) is 3.50. The van der Waals surface area contributed by atoms with E-state index < -0.39 is 36.3 Å². The molecule has 2 saturated heterocycles.